The summed E-state index contributed by atoms with van der Waals surface area (Å²) in [6, 6.07) is 16.2. The maximum absolute atomic E-state index is 13.4. The Hall–Kier alpha value is -3.07. The van der Waals surface area contributed by atoms with E-state index in [1.165, 1.54) is 4.31 Å². The summed E-state index contributed by atoms with van der Waals surface area (Å²) in [5.74, 6) is 0.366. The number of nitrogens with one attached hydrogen (secondary N) is 1. The van der Waals surface area contributed by atoms with Crippen molar-refractivity contribution in [3.8, 4) is 5.75 Å². The number of nitrogens with zero attached hydrogens (tertiary/aromatic N) is 2. The molecule has 2 rings (SSSR count). The number of carbonyl (C=O) groups excluding carboxylic acids is 2. The fourth-order valence-electron chi connectivity index (χ4n) is 4.28. The maximum atomic E-state index is 13.4. The second kappa shape index (κ2) is 16.0. The Balaban J connectivity index is 2.13. The number of rotatable bonds is 17. The van der Waals surface area contributed by atoms with Gasteiger partial charge < -0.3 is 15.0 Å². The van der Waals surface area contributed by atoms with E-state index in [2.05, 4.69) is 12.2 Å². The Kier molecular flexibility index (Phi) is 13.1. The highest BCUT2D eigenvalue weighted by atomic mass is 32.2. The number of carbonyl (C=O) groups is 2. The molecule has 8 nitrogen and oxygen atoms in total. The van der Waals surface area contributed by atoms with Crippen molar-refractivity contribution in [2.75, 3.05) is 36.8 Å². The van der Waals surface area contributed by atoms with Crippen molar-refractivity contribution in [2.24, 2.45) is 0 Å². The average Bonchev–Trinajstić information content (AvgIpc) is 2.89. The van der Waals surface area contributed by atoms with Crippen LogP contribution < -0.4 is 14.4 Å². The van der Waals surface area contributed by atoms with Crippen LogP contribution in [-0.4, -0.2) is 63.7 Å². The van der Waals surface area contributed by atoms with E-state index in [0.29, 0.717) is 50.4 Å². The van der Waals surface area contributed by atoms with Crippen molar-refractivity contribution in [3.05, 3.63) is 60.2 Å². The molecule has 0 bridgehead atoms. The highest BCUT2D eigenvalue weighted by Crippen LogP contribution is 2.22. The van der Waals surface area contributed by atoms with E-state index in [9.17, 15) is 18.0 Å². The van der Waals surface area contributed by atoms with Crippen LogP contribution in [0.4, 0.5) is 5.69 Å². The van der Waals surface area contributed by atoms with Gasteiger partial charge in [0.15, 0.2) is 0 Å². The third-order valence-corrected chi connectivity index (χ3v) is 7.48. The molecule has 2 aromatic carbocycles. The van der Waals surface area contributed by atoms with E-state index in [-0.39, 0.29) is 24.8 Å². The van der Waals surface area contributed by atoms with Crippen molar-refractivity contribution in [3.63, 3.8) is 0 Å². The average molecular weight is 546 g/mol. The van der Waals surface area contributed by atoms with E-state index < -0.39 is 16.1 Å². The lowest BCUT2D eigenvalue weighted by molar-refractivity contribution is -0.140. The Morgan fingerprint density at radius 1 is 0.947 bits per heavy atom. The molecule has 0 aliphatic rings. The SMILES string of the molecule is CCCCNC(=O)[C@H](CC)N(CCc1ccccc1)C(=O)CCCN(c1ccc(OCC)cc1)S(C)(=O)=O. The zero-order chi connectivity index (χ0) is 28.0. The van der Waals surface area contributed by atoms with E-state index in [1.807, 2.05) is 44.2 Å². The lowest BCUT2D eigenvalue weighted by atomic mass is 10.1. The number of sulfonamides is 1. The van der Waals surface area contributed by atoms with Crippen LogP contribution in [0.25, 0.3) is 0 Å². The minimum Gasteiger partial charge on any atom is -0.494 e. The molecule has 1 N–H and O–H groups in total. The molecule has 0 fully saturated rings. The summed E-state index contributed by atoms with van der Waals surface area (Å²) in [6.45, 7) is 7.53. The second-order valence-electron chi connectivity index (χ2n) is 9.26. The molecule has 210 valence electrons. The van der Waals surface area contributed by atoms with Crippen molar-refractivity contribution < 1.29 is 22.7 Å². The van der Waals surface area contributed by atoms with Crippen molar-refractivity contribution in [1.29, 1.82) is 0 Å². The molecule has 0 aromatic heterocycles. The van der Waals surface area contributed by atoms with Gasteiger partial charge in [-0.25, -0.2) is 8.42 Å². The molecular weight excluding hydrogens is 502 g/mol. The predicted molar refractivity (Wildman–Crippen MR) is 153 cm³/mol. The molecule has 0 saturated carbocycles. The number of ether oxygens (including phenoxy) is 1. The monoisotopic (exact) mass is 545 g/mol. The highest BCUT2D eigenvalue weighted by Gasteiger charge is 2.28. The van der Waals surface area contributed by atoms with Crippen LogP contribution in [0, 0.1) is 0 Å². The van der Waals surface area contributed by atoms with Gasteiger partial charge in [-0.1, -0.05) is 50.6 Å². The van der Waals surface area contributed by atoms with Crippen LogP contribution in [0.2, 0.25) is 0 Å². The molecule has 38 heavy (non-hydrogen) atoms. The molecule has 0 aliphatic heterocycles. The quantitative estimate of drug-likeness (QED) is 0.297. The third-order valence-electron chi connectivity index (χ3n) is 6.29. The number of hydrogen-bond donors (Lipinski definition) is 1. The first-order chi connectivity index (χ1) is 18.2. The number of hydrogen-bond acceptors (Lipinski definition) is 5. The highest BCUT2D eigenvalue weighted by molar-refractivity contribution is 7.92. The normalized spacial score (nSPS) is 12.0. The Labute approximate surface area is 228 Å². The van der Waals surface area contributed by atoms with Crippen LogP contribution in [0.5, 0.6) is 5.75 Å². The van der Waals surface area contributed by atoms with Gasteiger partial charge in [0.2, 0.25) is 21.8 Å². The van der Waals surface area contributed by atoms with Gasteiger partial charge in [-0.05, 0) is 62.4 Å². The summed E-state index contributed by atoms with van der Waals surface area (Å²) < 4.78 is 31.8. The van der Waals surface area contributed by atoms with Crippen molar-refractivity contribution >= 4 is 27.5 Å². The minimum absolute atomic E-state index is 0.135. The predicted octanol–water partition coefficient (Wildman–Crippen LogP) is 4.40. The van der Waals surface area contributed by atoms with E-state index >= 15 is 0 Å². The molecule has 2 aromatic rings. The van der Waals surface area contributed by atoms with Crippen LogP contribution in [0.3, 0.4) is 0 Å². The fourth-order valence-corrected chi connectivity index (χ4v) is 5.25. The van der Waals surface area contributed by atoms with Gasteiger partial charge in [-0.15, -0.1) is 0 Å². The van der Waals surface area contributed by atoms with Crippen LogP contribution in [0.1, 0.15) is 58.4 Å². The molecule has 0 heterocycles. The van der Waals surface area contributed by atoms with Crippen LogP contribution in [-0.2, 0) is 26.0 Å². The summed E-state index contributed by atoms with van der Waals surface area (Å²) >= 11 is 0. The Bertz CT molecular complexity index is 1090. The number of benzene rings is 2. The number of anilines is 1. The largest absolute Gasteiger partial charge is 0.494 e. The number of unbranched alkanes of at least 4 members (excludes halogenated alkanes) is 1. The topological polar surface area (TPSA) is 96.0 Å². The zero-order valence-electron chi connectivity index (χ0n) is 23.2. The van der Waals surface area contributed by atoms with Gasteiger partial charge in [-0.3, -0.25) is 13.9 Å². The molecule has 0 aliphatic carbocycles. The van der Waals surface area contributed by atoms with Gasteiger partial charge in [0.1, 0.15) is 11.8 Å². The molecular formula is C29H43N3O5S. The first-order valence-electron chi connectivity index (χ1n) is 13.5. The zero-order valence-corrected chi connectivity index (χ0v) is 24.0. The lowest BCUT2D eigenvalue weighted by Gasteiger charge is -2.31. The van der Waals surface area contributed by atoms with Gasteiger partial charge in [0, 0.05) is 26.1 Å². The Morgan fingerprint density at radius 2 is 1.63 bits per heavy atom. The lowest BCUT2D eigenvalue weighted by Crippen LogP contribution is -2.50. The third kappa shape index (κ3) is 10.0. The summed E-state index contributed by atoms with van der Waals surface area (Å²) in [5, 5.41) is 2.97. The van der Waals surface area contributed by atoms with E-state index in [1.54, 1.807) is 29.2 Å². The summed E-state index contributed by atoms with van der Waals surface area (Å²) in [4.78, 5) is 28.1. The van der Waals surface area contributed by atoms with Gasteiger partial charge in [0.05, 0.1) is 18.6 Å². The molecule has 0 unspecified atom stereocenters. The first-order valence-corrected chi connectivity index (χ1v) is 15.4. The molecule has 0 saturated heterocycles. The van der Waals surface area contributed by atoms with Gasteiger partial charge in [-0.2, -0.15) is 0 Å². The Morgan fingerprint density at radius 3 is 2.21 bits per heavy atom. The maximum Gasteiger partial charge on any atom is 0.242 e. The van der Waals surface area contributed by atoms with E-state index in [4.69, 9.17) is 4.74 Å². The molecule has 2 amide bonds. The fraction of sp³-hybridized carbons (Fsp3) is 0.517. The molecule has 1 atom stereocenters. The smallest absolute Gasteiger partial charge is 0.242 e. The van der Waals surface area contributed by atoms with Gasteiger partial charge in [0.25, 0.3) is 0 Å². The van der Waals surface area contributed by atoms with Crippen molar-refractivity contribution in [2.45, 2.75) is 65.3 Å². The van der Waals surface area contributed by atoms with Crippen LogP contribution in [0.15, 0.2) is 54.6 Å². The molecule has 9 heteroatoms. The molecule has 0 radical (unpaired) electrons. The summed E-state index contributed by atoms with van der Waals surface area (Å²) in [7, 11) is -3.55. The van der Waals surface area contributed by atoms with E-state index in [0.717, 1.165) is 24.7 Å². The van der Waals surface area contributed by atoms with Gasteiger partial charge >= 0.3 is 0 Å². The summed E-state index contributed by atoms with van der Waals surface area (Å²) in [6.07, 6.45) is 4.61. The minimum atomic E-state index is -3.55. The van der Waals surface area contributed by atoms with Crippen LogP contribution >= 0.6 is 0 Å². The second-order valence-corrected chi connectivity index (χ2v) is 11.2. The standard InChI is InChI=1S/C29H43N3O5S/c1-5-8-21-30-29(34)27(6-2)31(23-20-24-13-10-9-11-14-24)28(33)15-12-22-32(38(4,35)36)25-16-18-26(19-17-25)37-7-3/h9-11,13-14,16-19,27H,5-8,12,15,20-23H2,1-4H3,(H,30,34)/t27-/m0/s1. The summed E-state index contributed by atoms with van der Waals surface area (Å²) in [5.41, 5.74) is 1.61. The molecule has 0 spiro atoms. The number of amides is 2. The first kappa shape index (κ1) is 31.1. The van der Waals surface area contributed by atoms with Crippen molar-refractivity contribution in [1.82, 2.24) is 10.2 Å².